The number of hydrogen-bond donors (Lipinski definition) is 1. The number of allylic oxidation sites excluding steroid dienone is 2. The number of aliphatic hydroxyl groups is 1. The first kappa shape index (κ1) is 10.7. The first-order valence-electron chi connectivity index (χ1n) is 5.86. The molecule has 84 valence electrons. The minimum absolute atomic E-state index is 0.201. The van der Waals surface area contributed by atoms with Crippen LogP contribution in [0.15, 0.2) is 12.2 Å². The number of likely N-dealkylation sites (tertiary alicyclic amines) is 1. The van der Waals surface area contributed by atoms with Gasteiger partial charge in [-0.15, -0.1) is 0 Å². The van der Waals surface area contributed by atoms with Gasteiger partial charge in [-0.25, -0.2) is 0 Å². The van der Waals surface area contributed by atoms with E-state index < -0.39 is 0 Å². The highest BCUT2D eigenvalue weighted by Gasteiger charge is 2.30. The summed E-state index contributed by atoms with van der Waals surface area (Å²) in [6.07, 6.45) is 8.17. The molecule has 0 saturated carbocycles. The van der Waals surface area contributed by atoms with Crippen LogP contribution < -0.4 is 0 Å². The maximum Gasteiger partial charge on any atom is 0.226 e. The molecule has 0 unspecified atom stereocenters. The Labute approximate surface area is 90.8 Å². The van der Waals surface area contributed by atoms with Crippen LogP contribution in [0.25, 0.3) is 0 Å². The smallest absolute Gasteiger partial charge is 0.226 e. The number of amides is 1. The number of carbonyl (C=O) groups excluding carboxylic acids is 1. The summed E-state index contributed by atoms with van der Waals surface area (Å²) in [5, 5.41) is 9.03. The van der Waals surface area contributed by atoms with Gasteiger partial charge in [-0.3, -0.25) is 4.79 Å². The van der Waals surface area contributed by atoms with E-state index in [0.717, 1.165) is 38.8 Å². The SMILES string of the molecule is O=C([C@H]1CC=CCC1)N1CC[C@@H](CO)C1. The van der Waals surface area contributed by atoms with E-state index in [1.54, 1.807) is 0 Å². The molecule has 2 rings (SSSR count). The Bertz CT molecular complexity index is 262. The Balaban J connectivity index is 1.88. The second-order valence-electron chi connectivity index (χ2n) is 4.60. The monoisotopic (exact) mass is 209 g/mol. The Morgan fingerprint density at radius 1 is 1.40 bits per heavy atom. The molecule has 15 heavy (non-hydrogen) atoms. The highest BCUT2D eigenvalue weighted by atomic mass is 16.3. The van der Waals surface area contributed by atoms with Crippen LogP contribution in [0.1, 0.15) is 25.7 Å². The van der Waals surface area contributed by atoms with Gasteiger partial charge >= 0.3 is 0 Å². The number of hydrogen-bond acceptors (Lipinski definition) is 2. The summed E-state index contributed by atoms with van der Waals surface area (Å²) in [6.45, 7) is 1.81. The van der Waals surface area contributed by atoms with Crippen molar-refractivity contribution in [1.82, 2.24) is 4.90 Å². The molecule has 1 N–H and O–H groups in total. The summed E-state index contributed by atoms with van der Waals surface area (Å²) >= 11 is 0. The topological polar surface area (TPSA) is 40.5 Å². The molecule has 2 atom stereocenters. The molecular formula is C12H19NO2. The van der Waals surface area contributed by atoms with Gasteiger partial charge in [0, 0.05) is 31.5 Å². The third-order valence-electron chi connectivity index (χ3n) is 3.47. The summed E-state index contributed by atoms with van der Waals surface area (Å²) in [7, 11) is 0. The van der Waals surface area contributed by atoms with E-state index in [4.69, 9.17) is 5.11 Å². The van der Waals surface area contributed by atoms with Crippen molar-refractivity contribution >= 4 is 5.91 Å². The maximum absolute atomic E-state index is 12.1. The average Bonchev–Trinajstić information content (AvgIpc) is 2.78. The molecule has 1 aliphatic heterocycles. The van der Waals surface area contributed by atoms with Gasteiger partial charge in [-0.05, 0) is 25.7 Å². The molecule has 0 aromatic carbocycles. The van der Waals surface area contributed by atoms with Crippen LogP contribution in [-0.2, 0) is 4.79 Å². The molecule has 1 fully saturated rings. The third-order valence-corrected chi connectivity index (χ3v) is 3.47. The fraction of sp³-hybridized carbons (Fsp3) is 0.750. The molecule has 0 bridgehead atoms. The van der Waals surface area contributed by atoms with Crippen molar-refractivity contribution in [3.8, 4) is 0 Å². The van der Waals surface area contributed by atoms with E-state index in [1.165, 1.54) is 0 Å². The highest BCUT2D eigenvalue weighted by Crippen LogP contribution is 2.24. The van der Waals surface area contributed by atoms with E-state index in [0.29, 0.717) is 11.8 Å². The van der Waals surface area contributed by atoms with Crippen molar-refractivity contribution in [2.45, 2.75) is 25.7 Å². The fourth-order valence-corrected chi connectivity index (χ4v) is 2.46. The van der Waals surface area contributed by atoms with E-state index in [1.807, 2.05) is 4.90 Å². The van der Waals surface area contributed by atoms with E-state index in [-0.39, 0.29) is 12.5 Å². The molecule has 3 nitrogen and oxygen atoms in total. The quantitative estimate of drug-likeness (QED) is 0.694. The van der Waals surface area contributed by atoms with Gasteiger partial charge in [-0.2, -0.15) is 0 Å². The Kier molecular flexibility index (Phi) is 3.41. The largest absolute Gasteiger partial charge is 0.396 e. The van der Waals surface area contributed by atoms with Crippen molar-refractivity contribution in [2.24, 2.45) is 11.8 Å². The summed E-state index contributed by atoms with van der Waals surface area (Å²) in [4.78, 5) is 14.0. The predicted molar refractivity (Wildman–Crippen MR) is 58.3 cm³/mol. The minimum Gasteiger partial charge on any atom is -0.396 e. The molecule has 1 aliphatic carbocycles. The second kappa shape index (κ2) is 4.79. The summed E-state index contributed by atoms with van der Waals surface area (Å²) in [5.41, 5.74) is 0. The van der Waals surface area contributed by atoms with Crippen molar-refractivity contribution in [3.05, 3.63) is 12.2 Å². The van der Waals surface area contributed by atoms with Crippen LogP contribution in [0.5, 0.6) is 0 Å². The predicted octanol–water partition coefficient (Wildman–Crippen LogP) is 1.18. The third kappa shape index (κ3) is 2.40. The maximum atomic E-state index is 12.1. The Morgan fingerprint density at radius 3 is 2.87 bits per heavy atom. The zero-order valence-electron chi connectivity index (χ0n) is 9.06. The van der Waals surface area contributed by atoms with Gasteiger partial charge in [0.15, 0.2) is 0 Å². The summed E-state index contributed by atoms with van der Waals surface area (Å²) in [6, 6.07) is 0. The molecule has 1 heterocycles. The second-order valence-corrected chi connectivity index (χ2v) is 4.60. The number of aliphatic hydroxyl groups excluding tert-OH is 1. The first-order chi connectivity index (χ1) is 7.31. The van der Waals surface area contributed by atoms with E-state index in [9.17, 15) is 4.79 Å². The van der Waals surface area contributed by atoms with Gasteiger partial charge in [0.25, 0.3) is 0 Å². The molecule has 3 heteroatoms. The number of carbonyl (C=O) groups is 1. The zero-order valence-corrected chi connectivity index (χ0v) is 9.06. The standard InChI is InChI=1S/C12H19NO2/c14-9-10-6-7-13(8-10)12(15)11-4-2-1-3-5-11/h1-2,10-11,14H,3-9H2/t10-,11+/m1/s1. The van der Waals surface area contributed by atoms with Crippen LogP contribution >= 0.6 is 0 Å². The van der Waals surface area contributed by atoms with Crippen LogP contribution in [-0.4, -0.2) is 35.6 Å². The lowest BCUT2D eigenvalue weighted by molar-refractivity contribution is -0.134. The minimum atomic E-state index is 0.201. The van der Waals surface area contributed by atoms with Crippen LogP contribution in [0.4, 0.5) is 0 Å². The molecule has 1 saturated heterocycles. The normalized spacial score (nSPS) is 30.9. The number of nitrogens with zero attached hydrogens (tertiary/aromatic N) is 1. The zero-order chi connectivity index (χ0) is 10.7. The lowest BCUT2D eigenvalue weighted by Crippen LogP contribution is -2.35. The van der Waals surface area contributed by atoms with Gasteiger partial charge in [0.2, 0.25) is 5.91 Å². The van der Waals surface area contributed by atoms with Crippen LogP contribution in [0.2, 0.25) is 0 Å². The lowest BCUT2D eigenvalue weighted by atomic mass is 9.93. The number of rotatable bonds is 2. The summed E-state index contributed by atoms with van der Waals surface area (Å²) in [5.74, 6) is 0.816. The fourth-order valence-electron chi connectivity index (χ4n) is 2.46. The van der Waals surface area contributed by atoms with Crippen molar-refractivity contribution < 1.29 is 9.90 Å². The molecular weight excluding hydrogens is 190 g/mol. The first-order valence-corrected chi connectivity index (χ1v) is 5.86. The van der Waals surface area contributed by atoms with Crippen LogP contribution in [0, 0.1) is 11.8 Å². The Hall–Kier alpha value is -0.830. The average molecular weight is 209 g/mol. The molecule has 0 spiro atoms. The van der Waals surface area contributed by atoms with Crippen molar-refractivity contribution in [2.75, 3.05) is 19.7 Å². The van der Waals surface area contributed by atoms with Gasteiger partial charge < -0.3 is 10.0 Å². The van der Waals surface area contributed by atoms with Crippen molar-refractivity contribution in [1.29, 1.82) is 0 Å². The molecule has 2 aliphatic rings. The van der Waals surface area contributed by atoms with Crippen molar-refractivity contribution in [3.63, 3.8) is 0 Å². The van der Waals surface area contributed by atoms with Gasteiger partial charge in [-0.1, -0.05) is 12.2 Å². The van der Waals surface area contributed by atoms with Crippen LogP contribution in [0.3, 0.4) is 0 Å². The van der Waals surface area contributed by atoms with E-state index >= 15 is 0 Å². The van der Waals surface area contributed by atoms with Gasteiger partial charge in [0.1, 0.15) is 0 Å². The van der Waals surface area contributed by atoms with E-state index in [2.05, 4.69) is 12.2 Å². The Morgan fingerprint density at radius 2 is 2.27 bits per heavy atom. The molecule has 0 aromatic rings. The molecule has 1 amide bonds. The highest BCUT2D eigenvalue weighted by molar-refractivity contribution is 5.79. The van der Waals surface area contributed by atoms with Gasteiger partial charge in [0.05, 0.1) is 0 Å². The summed E-state index contributed by atoms with van der Waals surface area (Å²) < 4.78 is 0. The lowest BCUT2D eigenvalue weighted by Gasteiger charge is -2.24. The molecule has 0 aromatic heterocycles. The molecule has 0 radical (unpaired) electrons.